The summed E-state index contributed by atoms with van der Waals surface area (Å²) in [7, 11) is 0. The van der Waals surface area contributed by atoms with Gasteiger partial charge >= 0.3 is 0 Å². The quantitative estimate of drug-likeness (QED) is 0.480. The molecule has 0 bridgehead atoms. The van der Waals surface area contributed by atoms with Crippen LogP contribution in [0.2, 0.25) is 0 Å². The van der Waals surface area contributed by atoms with Crippen LogP contribution < -0.4 is 10.6 Å². The number of amides is 1. The van der Waals surface area contributed by atoms with Gasteiger partial charge in [0.15, 0.2) is 0 Å². The lowest BCUT2D eigenvalue weighted by Gasteiger charge is -2.12. The number of nitrogens with one attached hydrogen (secondary N) is 2. The molecule has 0 aliphatic heterocycles. The zero-order valence-electron chi connectivity index (χ0n) is 16.6. The maximum absolute atomic E-state index is 12.1. The SMILES string of the molecule is N#Cc1cccc([C@@H](O)CNCCc2ccc(NC(=O)Cc3ccccn3)cc2)c1. The van der Waals surface area contributed by atoms with E-state index in [1.165, 1.54) is 0 Å². The molecule has 30 heavy (non-hydrogen) atoms. The fourth-order valence-corrected chi connectivity index (χ4v) is 3.03. The first-order chi connectivity index (χ1) is 14.6. The van der Waals surface area contributed by atoms with Gasteiger partial charge in [-0.05, 0) is 60.5 Å². The van der Waals surface area contributed by atoms with Crippen molar-refractivity contribution in [3.05, 3.63) is 95.3 Å². The minimum atomic E-state index is -0.657. The first kappa shape index (κ1) is 21.2. The summed E-state index contributed by atoms with van der Waals surface area (Å²) < 4.78 is 0. The molecule has 152 valence electrons. The van der Waals surface area contributed by atoms with E-state index in [0.29, 0.717) is 18.7 Å². The van der Waals surface area contributed by atoms with Gasteiger partial charge in [-0.25, -0.2) is 0 Å². The van der Waals surface area contributed by atoms with Crippen molar-refractivity contribution in [2.45, 2.75) is 18.9 Å². The third kappa shape index (κ3) is 6.52. The predicted octanol–water partition coefficient (Wildman–Crippen LogP) is 3.00. The first-order valence-electron chi connectivity index (χ1n) is 9.81. The number of nitriles is 1. The molecule has 0 spiro atoms. The fourth-order valence-electron chi connectivity index (χ4n) is 3.03. The second-order valence-corrected chi connectivity index (χ2v) is 6.95. The van der Waals surface area contributed by atoms with Crippen molar-refractivity contribution >= 4 is 11.6 Å². The predicted molar refractivity (Wildman–Crippen MR) is 116 cm³/mol. The van der Waals surface area contributed by atoms with Crippen molar-refractivity contribution in [3.8, 4) is 6.07 Å². The molecule has 6 nitrogen and oxygen atoms in total. The summed E-state index contributed by atoms with van der Waals surface area (Å²) in [6.45, 7) is 1.12. The number of hydrogen-bond donors (Lipinski definition) is 3. The highest BCUT2D eigenvalue weighted by Gasteiger charge is 2.08. The average Bonchev–Trinajstić information content (AvgIpc) is 2.78. The van der Waals surface area contributed by atoms with E-state index in [2.05, 4.69) is 21.7 Å². The molecule has 0 unspecified atom stereocenters. The van der Waals surface area contributed by atoms with Crippen molar-refractivity contribution in [1.82, 2.24) is 10.3 Å². The molecule has 0 fully saturated rings. The summed E-state index contributed by atoms with van der Waals surface area (Å²) in [6.07, 6.45) is 2.06. The third-order valence-corrected chi connectivity index (χ3v) is 4.63. The monoisotopic (exact) mass is 400 g/mol. The summed E-state index contributed by atoms with van der Waals surface area (Å²) in [6, 6.07) is 22.3. The van der Waals surface area contributed by atoms with Gasteiger partial charge in [0.25, 0.3) is 0 Å². The number of carbonyl (C=O) groups excluding carboxylic acids is 1. The number of benzene rings is 2. The Morgan fingerprint density at radius 1 is 1.10 bits per heavy atom. The Hall–Kier alpha value is -3.53. The van der Waals surface area contributed by atoms with Crippen molar-refractivity contribution in [3.63, 3.8) is 0 Å². The lowest BCUT2D eigenvalue weighted by atomic mass is 10.1. The zero-order valence-corrected chi connectivity index (χ0v) is 16.6. The van der Waals surface area contributed by atoms with Crippen LogP contribution in [-0.4, -0.2) is 29.1 Å². The molecule has 0 radical (unpaired) electrons. The van der Waals surface area contributed by atoms with Crippen LogP contribution in [0.5, 0.6) is 0 Å². The van der Waals surface area contributed by atoms with E-state index in [4.69, 9.17) is 5.26 Å². The van der Waals surface area contributed by atoms with Crippen LogP contribution in [0.25, 0.3) is 0 Å². The maximum atomic E-state index is 12.1. The van der Waals surface area contributed by atoms with E-state index in [1.54, 1.807) is 24.4 Å². The highest BCUT2D eigenvalue weighted by molar-refractivity contribution is 5.92. The molecular formula is C24H24N4O2. The molecule has 0 saturated carbocycles. The fraction of sp³-hybridized carbons (Fsp3) is 0.208. The molecule has 0 saturated heterocycles. The van der Waals surface area contributed by atoms with Gasteiger partial charge in [0.2, 0.25) is 5.91 Å². The molecule has 0 aliphatic carbocycles. The van der Waals surface area contributed by atoms with Crippen LogP contribution in [0.4, 0.5) is 5.69 Å². The summed E-state index contributed by atoms with van der Waals surface area (Å²) in [5, 5.41) is 25.3. The number of rotatable bonds is 9. The largest absolute Gasteiger partial charge is 0.387 e. The Balaban J connectivity index is 1.40. The van der Waals surface area contributed by atoms with E-state index in [9.17, 15) is 9.90 Å². The van der Waals surface area contributed by atoms with Crippen molar-refractivity contribution in [2.75, 3.05) is 18.4 Å². The van der Waals surface area contributed by atoms with Crippen LogP contribution >= 0.6 is 0 Å². The second kappa shape index (κ2) is 10.9. The normalized spacial score (nSPS) is 11.5. The first-order valence-corrected chi connectivity index (χ1v) is 9.81. The van der Waals surface area contributed by atoms with Gasteiger partial charge in [-0.2, -0.15) is 5.26 Å². The molecule has 3 aromatic rings. The van der Waals surface area contributed by atoms with Gasteiger partial charge < -0.3 is 15.7 Å². The topological polar surface area (TPSA) is 98.0 Å². The lowest BCUT2D eigenvalue weighted by molar-refractivity contribution is -0.115. The average molecular weight is 400 g/mol. The van der Waals surface area contributed by atoms with Crippen molar-refractivity contribution in [1.29, 1.82) is 5.26 Å². The number of hydrogen-bond acceptors (Lipinski definition) is 5. The van der Waals surface area contributed by atoms with Gasteiger partial charge in [0.05, 0.1) is 24.2 Å². The van der Waals surface area contributed by atoms with E-state index in [1.807, 2.05) is 48.5 Å². The number of nitrogens with zero attached hydrogens (tertiary/aromatic N) is 2. The lowest BCUT2D eigenvalue weighted by Crippen LogP contribution is -2.23. The number of aromatic nitrogens is 1. The third-order valence-electron chi connectivity index (χ3n) is 4.63. The second-order valence-electron chi connectivity index (χ2n) is 6.95. The van der Waals surface area contributed by atoms with Crippen LogP contribution in [0.3, 0.4) is 0 Å². The Labute approximate surface area is 176 Å². The van der Waals surface area contributed by atoms with Crippen LogP contribution in [0.15, 0.2) is 72.9 Å². The van der Waals surface area contributed by atoms with E-state index >= 15 is 0 Å². The molecule has 6 heteroatoms. The highest BCUT2D eigenvalue weighted by atomic mass is 16.3. The van der Waals surface area contributed by atoms with E-state index in [-0.39, 0.29) is 12.3 Å². The summed E-state index contributed by atoms with van der Waals surface area (Å²) in [4.78, 5) is 16.3. The van der Waals surface area contributed by atoms with Gasteiger partial charge in [0, 0.05) is 24.1 Å². The Morgan fingerprint density at radius 2 is 1.93 bits per heavy atom. The smallest absolute Gasteiger partial charge is 0.230 e. The summed E-state index contributed by atoms with van der Waals surface area (Å²) in [5.74, 6) is -0.0995. The standard InChI is InChI=1S/C24H24N4O2/c25-16-19-4-3-5-20(14-19)23(29)17-26-13-11-18-7-9-21(10-8-18)28-24(30)15-22-6-1-2-12-27-22/h1-10,12,14,23,26,29H,11,13,15,17H2,(H,28,30)/t23-/m0/s1. The highest BCUT2D eigenvalue weighted by Crippen LogP contribution is 2.14. The van der Waals surface area contributed by atoms with Gasteiger partial charge in [0.1, 0.15) is 0 Å². The number of aliphatic hydroxyl groups excluding tert-OH is 1. The molecular weight excluding hydrogens is 376 g/mol. The Bertz CT molecular complexity index is 998. The van der Waals surface area contributed by atoms with Crippen molar-refractivity contribution in [2.24, 2.45) is 0 Å². The van der Waals surface area contributed by atoms with E-state index < -0.39 is 6.10 Å². The Morgan fingerprint density at radius 3 is 2.67 bits per heavy atom. The molecule has 2 aromatic carbocycles. The number of aliphatic hydroxyl groups is 1. The van der Waals surface area contributed by atoms with Gasteiger partial charge in [-0.3, -0.25) is 9.78 Å². The van der Waals surface area contributed by atoms with Gasteiger partial charge in [-0.1, -0.05) is 30.3 Å². The summed E-state index contributed by atoms with van der Waals surface area (Å²) >= 11 is 0. The van der Waals surface area contributed by atoms with Crippen LogP contribution in [-0.2, 0) is 17.6 Å². The van der Waals surface area contributed by atoms with Crippen LogP contribution in [0, 0.1) is 11.3 Å². The zero-order chi connectivity index (χ0) is 21.2. The van der Waals surface area contributed by atoms with Crippen molar-refractivity contribution < 1.29 is 9.90 Å². The minimum Gasteiger partial charge on any atom is -0.387 e. The van der Waals surface area contributed by atoms with Crippen LogP contribution in [0.1, 0.15) is 28.5 Å². The van der Waals surface area contributed by atoms with E-state index in [0.717, 1.165) is 28.9 Å². The molecule has 1 aromatic heterocycles. The molecule has 1 atom stereocenters. The number of carbonyl (C=O) groups is 1. The molecule has 1 amide bonds. The molecule has 1 heterocycles. The molecule has 3 rings (SSSR count). The molecule has 0 aliphatic rings. The number of pyridine rings is 1. The van der Waals surface area contributed by atoms with Gasteiger partial charge in [-0.15, -0.1) is 0 Å². The number of anilines is 1. The maximum Gasteiger partial charge on any atom is 0.230 e. The molecule has 3 N–H and O–H groups in total. The summed E-state index contributed by atoms with van der Waals surface area (Å²) in [5.41, 5.74) is 3.89. The minimum absolute atomic E-state index is 0.0995. The Kier molecular flexibility index (Phi) is 7.67.